The van der Waals surface area contributed by atoms with Gasteiger partial charge in [-0.3, -0.25) is 14.9 Å². The van der Waals surface area contributed by atoms with Crippen LogP contribution in [0.1, 0.15) is 26.3 Å². The van der Waals surface area contributed by atoms with Crippen LogP contribution in [0.25, 0.3) is 0 Å². The second-order valence-electron chi connectivity index (χ2n) is 3.79. The molecule has 1 amide bonds. The summed E-state index contributed by atoms with van der Waals surface area (Å²) in [5.41, 5.74) is -0.339. The summed E-state index contributed by atoms with van der Waals surface area (Å²) in [6, 6.07) is 2.54. The maximum Gasteiger partial charge on any atom is 0.411 e. The highest BCUT2D eigenvalue weighted by atomic mass is 16.5. The van der Waals surface area contributed by atoms with Crippen molar-refractivity contribution in [2.24, 2.45) is 0 Å². The largest absolute Gasteiger partial charge is 0.453 e. The number of Topliss-reactive ketones (excluding diaryl/α,β-unsaturated/α-hetero) is 1. The average Bonchev–Trinajstić information content (AvgIpc) is 2.34. The molecule has 0 bridgehead atoms. The third-order valence-electron chi connectivity index (χ3n) is 2.59. The number of aromatic nitrogens is 1. The van der Waals surface area contributed by atoms with Gasteiger partial charge in [0.15, 0.2) is 5.78 Å². The molecule has 0 aliphatic rings. The van der Waals surface area contributed by atoms with Crippen LogP contribution in [0.15, 0.2) is 23.1 Å². The molecular weight excluding hydrogens is 236 g/mol. The minimum Gasteiger partial charge on any atom is -0.453 e. The van der Waals surface area contributed by atoms with Gasteiger partial charge in [-0.25, -0.2) is 4.79 Å². The van der Waals surface area contributed by atoms with Crippen molar-refractivity contribution in [1.82, 2.24) is 4.57 Å². The van der Waals surface area contributed by atoms with E-state index >= 15 is 0 Å². The molecule has 0 aromatic carbocycles. The number of hydrogen-bond donors (Lipinski definition) is 1. The van der Waals surface area contributed by atoms with Crippen molar-refractivity contribution < 1.29 is 14.3 Å². The van der Waals surface area contributed by atoms with Crippen molar-refractivity contribution in [2.75, 3.05) is 12.4 Å². The lowest BCUT2D eigenvalue weighted by Gasteiger charge is -2.16. The average molecular weight is 252 g/mol. The zero-order chi connectivity index (χ0) is 13.7. The SMILES string of the molecule is CC[C@@H](C(C)=O)n1cccc(NC(=O)OC)c1=O. The Morgan fingerprint density at radius 3 is 2.67 bits per heavy atom. The van der Waals surface area contributed by atoms with Crippen LogP contribution in [-0.2, 0) is 9.53 Å². The number of pyridine rings is 1. The highest BCUT2D eigenvalue weighted by Gasteiger charge is 2.17. The van der Waals surface area contributed by atoms with Crippen LogP contribution in [-0.4, -0.2) is 23.6 Å². The van der Waals surface area contributed by atoms with Gasteiger partial charge in [0.05, 0.1) is 13.2 Å². The van der Waals surface area contributed by atoms with Gasteiger partial charge in [-0.2, -0.15) is 0 Å². The van der Waals surface area contributed by atoms with Gasteiger partial charge in [0.2, 0.25) is 0 Å². The van der Waals surface area contributed by atoms with E-state index in [2.05, 4.69) is 10.1 Å². The summed E-state index contributed by atoms with van der Waals surface area (Å²) in [7, 11) is 1.21. The van der Waals surface area contributed by atoms with E-state index in [4.69, 9.17) is 0 Å². The molecule has 0 spiro atoms. The predicted molar refractivity (Wildman–Crippen MR) is 66.7 cm³/mol. The quantitative estimate of drug-likeness (QED) is 0.882. The molecule has 0 saturated heterocycles. The molecule has 1 atom stereocenters. The smallest absolute Gasteiger partial charge is 0.411 e. The zero-order valence-corrected chi connectivity index (χ0v) is 10.6. The number of carbonyl (C=O) groups is 2. The standard InChI is InChI=1S/C12H16N2O4/c1-4-10(8(2)15)14-7-5-6-9(11(14)16)13-12(17)18-3/h5-7,10H,4H2,1-3H3,(H,13,17)/t10-/m0/s1. The monoisotopic (exact) mass is 252 g/mol. The Morgan fingerprint density at radius 1 is 1.50 bits per heavy atom. The molecule has 6 heteroatoms. The lowest BCUT2D eigenvalue weighted by Crippen LogP contribution is -2.30. The fourth-order valence-electron chi connectivity index (χ4n) is 1.69. The normalized spacial score (nSPS) is 11.7. The molecule has 98 valence electrons. The fourth-order valence-corrected chi connectivity index (χ4v) is 1.69. The minimum absolute atomic E-state index is 0.0871. The predicted octanol–water partition coefficient (Wildman–Crippen LogP) is 1.57. The Labute approximate surface area is 105 Å². The van der Waals surface area contributed by atoms with E-state index in [0.29, 0.717) is 6.42 Å². The molecule has 1 N–H and O–H groups in total. The van der Waals surface area contributed by atoms with Gasteiger partial charge in [-0.1, -0.05) is 6.92 Å². The molecule has 1 heterocycles. The Balaban J connectivity index is 3.16. The van der Waals surface area contributed by atoms with Crippen LogP contribution in [0.5, 0.6) is 0 Å². The second kappa shape index (κ2) is 6.00. The number of nitrogens with one attached hydrogen (secondary N) is 1. The summed E-state index contributed by atoms with van der Waals surface area (Å²) in [6.45, 7) is 3.25. The first-order valence-corrected chi connectivity index (χ1v) is 5.57. The van der Waals surface area contributed by atoms with E-state index in [-0.39, 0.29) is 11.5 Å². The number of nitrogens with zero attached hydrogens (tertiary/aromatic N) is 1. The first-order valence-electron chi connectivity index (χ1n) is 5.57. The molecule has 6 nitrogen and oxygen atoms in total. The summed E-state index contributed by atoms with van der Waals surface area (Å²) in [5, 5.41) is 2.31. The highest BCUT2D eigenvalue weighted by molar-refractivity contribution is 5.84. The summed E-state index contributed by atoms with van der Waals surface area (Å²) >= 11 is 0. The molecule has 0 aliphatic heterocycles. The summed E-state index contributed by atoms with van der Waals surface area (Å²) in [4.78, 5) is 34.6. The van der Waals surface area contributed by atoms with Crippen molar-refractivity contribution in [2.45, 2.75) is 26.3 Å². The van der Waals surface area contributed by atoms with E-state index in [1.54, 1.807) is 6.07 Å². The zero-order valence-electron chi connectivity index (χ0n) is 10.6. The first-order chi connectivity index (χ1) is 8.51. The Morgan fingerprint density at radius 2 is 2.17 bits per heavy atom. The summed E-state index contributed by atoms with van der Waals surface area (Å²) < 4.78 is 5.73. The van der Waals surface area contributed by atoms with Crippen LogP contribution in [0.4, 0.5) is 10.5 Å². The molecule has 0 saturated carbocycles. The van der Waals surface area contributed by atoms with E-state index in [9.17, 15) is 14.4 Å². The lowest BCUT2D eigenvalue weighted by atomic mass is 10.1. The van der Waals surface area contributed by atoms with Gasteiger partial charge in [0.1, 0.15) is 5.69 Å². The molecule has 1 aromatic heterocycles. The number of ether oxygens (including phenoxy) is 1. The van der Waals surface area contributed by atoms with Gasteiger partial charge in [0, 0.05) is 6.20 Å². The molecular formula is C12H16N2O4. The lowest BCUT2D eigenvalue weighted by molar-refractivity contribution is -0.120. The van der Waals surface area contributed by atoms with Gasteiger partial charge in [-0.15, -0.1) is 0 Å². The number of rotatable bonds is 4. The van der Waals surface area contributed by atoms with E-state index < -0.39 is 17.7 Å². The van der Waals surface area contributed by atoms with Crippen LogP contribution in [0.3, 0.4) is 0 Å². The Bertz CT molecular complexity index is 507. The topological polar surface area (TPSA) is 77.4 Å². The first kappa shape index (κ1) is 14.0. The number of hydrogen-bond acceptors (Lipinski definition) is 4. The third-order valence-corrected chi connectivity index (χ3v) is 2.59. The van der Waals surface area contributed by atoms with E-state index in [1.807, 2.05) is 6.92 Å². The Kier molecular flexibility index (Phi) is 4.65. The number of ketones is 1. The minimum atomic E-state index is -0.722. The number of carbonyl (C=O) groups excluding carboxylic acids is 2. The molecule has 1 rings (SSSR count). The molecule has 0 unspecified atom stereocenters. The van der Waals surface area contributed by atoms with Crippen LogP contribution in [0, 0.1) is 0 Å². The second-order valence-corrected chi connectivity index (χ2v) is 3.79. The number of anilines is 1. The maximum absolute atomic E-state index is 12.1. The van der Waals surface area contributed by atoms with Crippen molar-refractivity contribution in [3.8, 4) is 0 Å². The molecule has 1 aromatic rings. The van der Waals surface area contributed by atoms with Crippen LogP contribution < -0.4 is 10.9 Å². The van der Waals surface area contributed by atoms with Gasteiger partial charge < -0.3 is 9.30 Å². The third kappa shape index (κ3) is 2.97. The Hall–Kier alpha value is -2.11. The van der Waals surface area contributed by atoms with E-state index in [0.717, 1.165) is 0 Å². The number of amides is 1. The summed E-state index contributed by atoms with van der Waals surface area (Å²) in [5.74, 6) is -0.102. The van der Waals surface area contributed by atoms with E-state index in [1.165, 1.54) is 30.9 Å². The summed E-state index contributed by atoms with van der Waals surface area (Å²) in [6.07, 6.45) is 1.32. The molecule has 0 radical (unpaired) electrons. The molecule has 0 fully saturated rings. The molecule has 0 aliphatic carbocycles. The van der Waals surface area contributed by atoms with Gasteiger partial charge >= 0.3 is 6.09 Å². The van der Waals surface area contributed by atoms with Crippen molar-refractivity contribution in [3.05, 3.63) is 28.7 Å². The molecule has 18 heavy (non-hydrogen) atoms. The van der Waals surface area contributed by atoms with Gasteiger partial charge in [0.25, 0.3) is 5.56 Å². The number of methoxy groups -OCH3 is 1. The highest BCUT2D eigenvalue weighted by Crippen LogP contribution is 2.11. The maximum atomic E-state index is 12.1. The fraction of sp³-hybridized carbons (Fsp3) is 0.417. The van der Waals surface area contributed by atoms with Gasteiger partial charge in [-0.05, 0) is 25.5 Å². The van der Waals surface area contributed by atoms with Crippen molar-refractivity contribution >= 4 is 17.6 Å². The van der Waals surface area contributed by atoms with Crippen molar-refractivity contribution in [1.29, 1.82) is 0 Å². The van der Waals surface area contributed by atoms with Crippen LogP contribution >= 0.6 is 0 Å². The van der Waals surface area contributed by atoms with Crippen molar-refractivity contribution in [3.63, 3.8) is 0 Å². The van der Waals surface area contributed by atoms with Crippen LogP contribution in [0.2, 0.25) is 0 Å².